The fourth-order valence-electron chi connectivity index (χ4n) is 2.76. The van der Waals surface area contributed by atoms with E-state index in [0.717, 1.165) is 17.3 Å². The highest BCUT2D eigenvalue weighted by molar-refractivity contribution is 8.14. The molecule has 1 aliphatic rings. The molecule has 0 saturated carbocycles. The molecule has 1 aliphatic heterocycles. The number of rotatable bonds is 7. The summed E-state index contributed by atoms with van der Waals surface area (Å²) in [7, 11) is 1.52. The average molecular weight is 423 g/mol. The minimum Gasteiger partial charge on any atom is -0.495 e. The largest absolute Gasteiger partial charge is 0.495 e. The molecule has 0 saturated heterocycles. The van der Waals surface area contributed by atoms with Crippen LogP contribution in [0.5, 0.6) is 5.75 Å². The number of carbonyl (C=O) groups excluding carboxylic acids is 3. The first-order valence-electron chi connectivity index (χ1n) is 9.27. The number of methoxy groups -OCH3 is 1. The van der Waals surface area contributed by atoms with Crippen LogP contribution in [0.3, 0.4) is 0 Å². The van der Waals surface area contributed by atoms with E-state index in [9.17, 15) is 14.4 Å². The van der Waals surface area contributed by atoms with Crippen molar-refractivity contribution in [2.24, 2.45) is 10.9 Å². The predicted molar refractivity (Wildman–Crippen MR) is 118 cm³/mol. The molecule has 0 bridgehead atoms. The molecule has 1 unspecified atom stereocenters. The van der Waals surface area contributed by atoms with Gasteiger partial charge in [0.25, 0.3) is 5.91 Å². The third kappa shape index (κ3) is 5.81. The van der Waals surface area contributed by atoms with Crippen LogP contribution < -0.4 is 15.4 Å². The van der Waals surface area contributed by atoms with Gasteiger partial charge in [0, 0.05) is 0 Å². The summed E-state index contributed by atoms with van der Waals surface area (Å²) in [4.78, 5) is 40.7. The molecule has 0 radical (unpaired) electrons. The topological polar surface area (TPSA) is 96.9 Å². The SMILES string of the molecule is COc1ccccc1NC(=O)CSC1=NC(=O)C(C/C=C/c2ccccc2)C(=O)N1. The third-order valence-corrected chi connectivity index (χ3v) is 5.13. The van der Waals surface area contributed by atoms with Gasteiger partial charge >= 0.3 is 0 Å². The van der Waals surface area contributed by atoms with E-state index in [4.69, 9.17) is 4.74 Å². The summed E-state index contributed by atoms with van der Waals surface area (Å²) in [5, 5.41) is 5.46. The van der Waals surface area contributed by atoms with E-state index >= 15 is 0 Å². The Morgan fingerprint density at radius 3 is 2.63 bits per heavy atom. The second-order valence-electron chi connectivity index (χ2n) is 6.38. The molecular weight excluding hydrogens is 402 g/mol. The molecule has 3 rings (SSSR count). The fraction of sp³-hybridized carbons (Fsp3) is 0.182. The highest BCUT2D eigenvalue weighted by atomic mass is 32.2. The zero-order chi connectivity index (χ0) is 21.3. The number of amides is 3. The maximum Gasteiger partial charge on any atom is 0.260 e. The van der Waals surface area contributed by atoms with Crippen LogP contribution in [0.1, 0.15) is 12.0 Å². The molecule has 8 heteroatoms. The van der Waals surface area contributed by atoms with Crippen molar-refractivity contribution in [1.29, 1.82) is 0 Å². The minimum atomic E-state index is -0.864. The van der Waals surface area contributed by atoms with Gasteiger partial charge in [0.05, 0.1) is 18.6 Å². The van der Waals surface area contributed by atoms with Crippen LogP contribution in [0.25, 0.3) is 6.08 Å². The van der Waals surface area contributed by atoms with Crippen LogP contribution in [0.2, 0.25) is 0 Å². The van der Waals surface area contributed by atoms with Crippen molar-refractivity contribution in [3.8, 4) is 5.75 Å². The molecule has 1 heterocycles. The Morgan fingerprint density at radius 1 is 1.17 bits per heavy atom. The molecule has 3 amide bonds. The molecular formula is C22H21N3O4S. The lowest BCUT2D eigenvalue weighted by molar-refractivity contribution is -0.133. The van der Waals surface area contributed by atoms with Crippen LogP contribution in [-0.4, -0.2) is 35.8 Å². The number of amidine groups is 1. The minimum absolute atomic E-state index is 0.0109. The molecule has 2 N–H and O–H groups in total. The van der Waals surface area contributed by atoms with Gasteiger partial charge in [-0.3, -0.25) is 14.4 Å². The van der Waals surface area contributed by atoms with E-state index in [0.29, 0.717) is 11.4 Å². The summed E-state index contributed by atoms with van der Waals surface area (Å²) in [6, 6.07) is 16.6. The lowest BCUT2D eigenvalue weighted by atomic mass is 10.0. The molecule has 0 aliphatic carbocycles. The Morgan fingerprint density at radius 2 is 1.90 bits per heavy atom. The number of nitrogens with zero attached hydrogens (tertiary/aromatic N) is 1. The van der Waals surface area contributed by atoms with Gasteiger partial charge < -0.3 is 15.4 Å². The molecule has 0 aromatic heterocycles. The number of allylic oxidation sites excluding steroid dienone is 1. The summed E-state index contributed by atoms with van der Waals surface area (Å²) in [5.41, 5.74) is 1.53. The second-order valence-corrected chi connectivity index (χ2v) is 7.35. The highest BCUT2D eigenvalue weighted by Crippen LogP contribution is 2.23. The molecule has 30 heavy (non-hydrogen) atoms. The van der Waals surface area contributed by atoms with Crippen molar-refractivity contribution in [3.63, 3.8) is 0 Å². The van der Waals surface area contributed by atoms with Gasteiger partial charge in [0.15, 0.2) is 5.17 Å². The summed E-state index contributed by atoms with van der Waals surface area (Å²) >= 11 is 0.995. The number of anilines is 1. The zero-order valence-electron chi connectivity index (χ0n) is 16.3. The first kappa shape index (κ1) is 21.3. The first-order chi connectivity index (χ1) is 14.6. The molecule has 154 valence electrons. The normalized spacial score (nSPS) is 16.2. The number of hydrogen-bond acceptors (Lipinski definition) is 5. The zero-order valence-corrected chi connectivity index (χ0v) is 17.1. The lowest BCUT2D eigenvalue weighted by Crippen LogP contribution is -2.42. The van der Waals surface area contributed by atoms with Crippen molar-refractivity contribution in [1.82, 2.24) is 5.32 Å². The number of thioether (sulfide) groups is 1. The van der Waals surface area contributed by atoms with Crippen molar-refractivity contribution < 1.29 is 19.1 Å². The number of para-hydroxylation sites is 2. The fourth-order valence-corrected chi connectivity index (χ4v) is 3.43. The van der Waals surface area contributed by atoms with Crippen molar-refractivity contribution >= 4 is 46.4 Å². The summed E-state index contributed by atoms with van der Waals surface area (Å²) < 4.78 is 5.19. The van der Waals surface area contributed by atoms with Crippen molar-refractivity contribution in [2.45, 2.75) is 6.42 Å². The van der Waals surface area contributed by atoms with Gasteiger partial charge in [-0.2, -0.15) is 4.99 Å². The Balaban J connectivity index is 1.52. The maximum atomic E-state index is 12.3. The predicted octanol–water partition coefficient (Wildman–Crippen LogP) is 3.10. The quantitative estimate of drug-likeness (QED) is 0.667. The third-order valence-electron chi connectivity index (χ3n) is 4.26. The van der Waals surface area contributed by atoms with E-state index in [1.54, 1.807) is 30.3 Å². The highest BCUT2D eigenvalue weighted by Gasteiger charge is 2.31. The molecule has 2 aromatic rings. The number of nitrogens with one attached hydrogen (secondary N) is 2. The summed E-state index contributed by atoms with van der Waals surface area (Å²) in [6.07, 6.45) is 3.90. The molecule has 1 atom stereocenters. The van der Waals surface area contributed by atoms with Crippen LogP contribution >= 0.6 is 11.8 Å². The van der Waals surface area contributed by atoms with E-state index in [1.807, 2.05) is 36.4 Å². The van der Waals surface area contributed by atoms with Crippen LogP contribution in [0.4, 0.5) is 5.69 Å². The van der Waals surface area contributed by atoms with Crippen LogP contribution in [0, 0.1) is 5.92 Å². The van der Waals surface area contributed by atoms with E-state index in [1.165, 1.54) is 7.11 Å². The molecule has 7 nitrogen and oxygen atoms in total. The van der Waals surface area contributed by atoms with Gasteiger partial charge in [-0.05, 0) is 24.1 Å². The van der Waals surface area contributed by atoms with E-state index in [2.05, 4.69) is 15.6 Å². The summed E-state index contributed by atoms with van der Waals surface area (Å²) in [5.74, 6) is -1.56. The Kier molecular flexibility index (Phi) is 7.40. The number of benzene rings is 2. The molecule has 0 spiro atoms. The Hall–Kier alpha value is -3.39. The number of carbonyl (C=O) groups is 3. The smallest absolute Gasteiger partial charge is 0.260 e. The number of ether oxygens (including phenoxy) is 1. The van der Waals surface area contributed by atoms with Gasteiger partial charge in [0.1, 0.15) is 11.7 Å². The Bertz CT molecular complexity index is 989. The summed E-state index contributed by atoms with van der Waals surface area (Å²) in [6.45, 7) is 0. The Labute approximate surface area is 178 Å². The molecule has 0 fully saturated rings. The second kappa shape index (κ2) is 10.4. The van der Waals surface area contributed by atoms with Crippen LogP contribution in [0.15, 0.2) is 65.7 Å². The number of aliphatic imine (C=N–C) groups is 1. The van der Waals surface area contributed by atoms with Crippen LogP contribution in [-0.2, 0) is 14.4 Å². The standard InChI is InChI=1S/C22H21N3O4S/c1-29-18-13-6-5-12-17(18)23-19(26)14-30-22-24-20(27)16(21(28)25-22)11-7-10-15-8-3-2-4-9-15/h2-10,12-13,16H,11,14H2,1H3,(H,23,26)(H,24,25,27,28)/b10-7+. The van der Waals surface area contributed by atoms with Crippen molar-refractivity contribution in [2.75, 3.05) is 18.2 Å². The van der Waals surface area contributed by atoms with Crippen molar-refractivity contribution in [3.05, 3.63) is 66.2 Å². The molecule has 2 aromatic carbocycles. The number of hydrogen-bond donors (Lipinski definition) is 2. The van der Waals surface area contributed by atoms with Gasteiger partial charge in [0.2, 0.25) is 11.8 Å². The monoisotopic (exact) mass is 423 g/mol. The van der Waals surface area contributed by atoms with Gasteiger partial charge in [-0.15, -0.1) is 0 Å². The maximum absolute atomic E-state index is 12.3. The van der Waals surface area contributed by atoms with E-state index < -0.39 is 17.7 Å². The van der Waals surface area contributed by atoms with Gasteiger partial charge in [-0.1, -0.05) is 66.4 Å². The first-order valence-corrected chi connectivity index (χ1v) is 10.3. The van der Waals surface area contributed by atoms with Gasteiger partial charge in [-0.25, -0.2) is 0 Å². The average Bonchev–Trinajstić information content (AvgIpc) is 2.75. The van der Waals surface area contributed by atoms with E-state index in [-0.39, 0.29) is 23.2 Å². The lowest BCUT2D eigenvalue weighted by Gasteiger charge is -2.18.